The highest BCUT2D eigenvalue weighted by Crippen LogP contribution is 2.13. The van der Waals surface area contributed by atoms with Crippen molar-refractivity contribution in [1.82, 2.24) is 0 Å². The summed E-state index contributed by atoms with van der Waals surface area (Å²) in [4.78, 5) is 10.3. The number of halogens is 2. The van der Waals surface area contributed by atoms with Gasteiger partial charge in [0.1, 0.15) is 0 Å². The lowest BCUT2D eigenvalue weighted by Crippen LogP contribution is -2.06. The number of anilines is 1. The molecule has 0 aromatic heterocycles. The highest BCUT2D eigenvalue weighted by molar-refractivity contribution is 9.19. The summed E-state index contributed by atoms with van der Waals surface area (Å²) in [7, 11) is 0. The van der Waals surface area contributed by atoms with E-state index in [2.05, 4.69) is 26.5 Å². The van der Waals surface area contributed by atoms with Crippen molar-refractivity contribution >= 4 is 43.8 Å². The molecule has 0 aliphatic rings. The van der Waals surface area contributed by atoms with Gasteiger partial charge in [0.15, 0.2) is 0 Å². The quantitative estimate of drug-likeness (QED) is 0.659. The SMILES string of the molecule is O=C(O)/C(Br)=N\Nc1ccc(Cl)cc1. The standard InChI is InChI=1S/C8H6BrClN2O2/c9-7(8(13)14)12-11-6-3-1-5(10)2-4-6/h1-4,11H,(H,13,14)/b12-7+. The predicted octanol–water partition coefficient (Wildman–Crippen LogP) is 2.54. The normalized spacial score (nSPS) is 11.1. The first-order chi connectivity index (χ1) is 6.59. The molecule has 6 heteroatoms. The van der Waals surface area contributed by atoms with Gasteiger partial charge in [0.2, 0.25) is 4.62 Å². The number of hydrogen-bond acceptors (Lipinski definition) is 3. The Kier molecular flexibility index (Phi) is 3.91. The maximum absolute atomic E-state index is 10.3. The van der Waals surface area contributed by atoms with Gasteiger partial charge in [-0.1, -0.05) is 11.6 Å². The van der Waals surface area contributed by atoms with Crippen molar-refractivity contribution in [2.24, 2.45) is 5.10 Å². The van der Waals surface area contributed by atoms with E-state index >= 15 is 0 Å². The van der Waals surface area contributed by atoms with E-state index in [-0.39, 0.29) is 4.62 Å². The lowest BCUT2D eigenvalue weighted by molar-refractivity contribution is -0.129. The maximum atomic E-state index is 10.3. The molecule has 0 amide bonds. The van der Waals surface area contributed by atoms with E-state index in [1.807, 2.05) is 0 Å². The molecule has 0 aliphatic carbocycles. The summed E-state index contributed by atoms with van der Waals surface area (Å²) < 4.78 is -0.188. The highest BCUT2D eigenvalue weighted by Gasteiger charge is 2.02. The van der Waals surface area contributed by atoms with Crippen molar-refractivity contribution in [1.29, 1.82) is 0 Å². The van der Waals surface area contributed by atoms with Crippen LogP contribution in [-0.4, -0.2) is 15.7 Å². The molecular formula is C8H6BrClN2O2. The van der Waals surface area contributed by atoms with Gasteiger partial charge in [0.25, 0.3) is 0 Å². The van der Waals surface area contributed by atoms with Crippen LogP contribution in [0.2, 0.25) is 5.02 Å². The van der Waals surface area contributed by atoms with Gasteiger partial charge in [-0.2, -0.15) is 5.10 Å². The van der Waals surface area contributed by atoms with Gasteiger partial charge in [0, 0.05) is 5.02 Å². The summed E-state index contributed by atoms with van der Waals surface area (Å²) in [6.45, 7) is 0. The summed E-state index contributed by atoms with van der Waals surface area (Å²) >= 11 is 8.43. The largest absolute Gasteiger partial charge is 0.476 e. The monoisotopic (exact) mass is 276 g/mol. The fraction of sp³-hybridized carbons (Fsp3) is 0. The summed E-state index contributed by atoms with van der Waals surface area (Å²) in [6, 6.07) is 6.73. The number of nitrogens with zero attached hydrogens (tertiary/aromatic N) is 1. The Labute approximate surface area is 93.7 Å². The first-order valence-corrected chi connectivity index (χ1v) is 4.75. The summed E-state index contributed by atoms with van der Waals surface area (Å²) in [5, 5.41) is 12.6. The van der Waals surface area contributed by atoms with E-state index in [1.165, 1.54) is 0 Å². The number of hydrazone groups is 1. The first-order valence-electron chi connectivity index (χ1n) is 3.57. The van der Waals surface area contributed by atoms with Crippen LogP contribution in [0.3, 0.4) is 0 Å². The Balaban J connectivity index is 2.66. The van der Waals surface area contributed by atoms with E-state index < -0.39 is 5.97 Å². The number of aliphatic carboxylic acids is 1. The average molecular weight is 278 g/mol. The molecule has 0 saturated carbocycles. The molecule has 1 aromatic carbocycles. The lowest BCUT2D eigenvalue weighted by atomic mass is 10.3. The zero-order valence-electron chi connectivity index (χ0n) is 6.87. The third-order valence-electron chi connectivity index (χ3n) is 1.30. The summed E-state index contributed by atoms with van der Waals surface area (Å²) in [6.07, 6.45) is 0. The third kappa shape index (κ3) is 3.35. The number of rotatable bonds is 3. The minimum absolute atomic E-state index is 0.188. The molecule has 0 bridgehead atoms. The van der Waals surface area contributed by atoms with Gasteiger partial charge in [-0.25, -0.2) is 4.79 Å². The molecule has 0 spiro atoms. The highest BCUT2D eigenvalue weighted by atomic mass is 79.9. The molecule has 4 nitrogen and oxygen atoms in total. The molecule has 0 heterocycles. The third-order valence-corrected chi connectivity index (χ3v) is 2.07. The molecular weight excluding hydrogens is 271 g/mol. The predicted molar refractivity (Wildman–Crippen MR) is 59.1 cm³/mol. The van der Waals surface area contributed by atoms with Crippen molar-refractivity contribution in [3.05, 3.63) is 29.3 Å². The molecule has 14 heavy (non-hydrogen) atoms. The van der Waals surface area contributed by atoms with Crippen LogP contribution in [0.15, 0.2) is 29.4 Å². The molecule has 0 unspecified atom stereocenters. The molecule has 0 aliphatic heterocycles. The zero-order valence-corrected chi connectivity index (χ0v) is 9.21. The van der Waals surface area contributed by atoms with Gasteiger partial charge in [-0.15, -0.1) is 0 Å². The van der Waals surface area contributed by atoms with Gasteiger partial charge >= 0.3 is 5.97 Å². The second-order valence-corrected chi connectivity index (χ2v) is 3.51. The number of nitrogens with one attached hydrogen (secondary N) is 1. The number of carbonyl (C=O) groups is 1. The fourth-order valence-electron chi connectivity index (χ4n) is 0.686. The summed E-state index contributed by atoms with van der Waals surface area (Å²) in [5.74, 6) is -1.13. The lowest BCUT2D eigenvalue weighted by Gasteiger charge is -1.99. The molecule has 0 atom stereocenters. The molecule has 2 N–H and O–H groups in total. The number of carboxylic acid groups (broad SMARTS) is 1. The minimum Gasteiger partial charge on any atom is -0.476 e. The van der Waals surface area contributed by atoms with Gasteiger partial charge in [-0.05, 0) is 40.2 Å². The topological polar surface area (TPSA) is 61.7 Å². The second-order valence-electron chi connectivity index (χ2n) is 2.33. The van der Waals surface area contributed by atoms with Crippen molar-refractivity contribution in [2.45, 2.75) is 0 Å². The summed E-state index contributed by atoms with van der Waals surface area (Å²) in [5.41, 5.74) is 3.21. The maximum Gasteiger partial charge on any atom is 0.363 e. The van der Waals surface area contributed by atoms with Gasteiger partial charge in [0.05, 0.1) is 5.69 Å². The van der Waals surface area contributed by atoms with E-state index in [4.69, 9.17) is 16.7 Å². The van der Waals surface area contributed by atoms with Crippen LogP contribution in [0, 0.1) is 0 Å². The van der Waals surface area contributed by atoms with Crippen LogP contribution >= 0.6 is 27.5 Å². The Hall–Kier alpha value is -1.07. The molecule has 1 rings (SSSR count). The molecule has 0 fully saturated rings. The molecule has 0 radical (unpaired) electrons. The fourth-order valence-corrected chi connectivity index (χ4v) is 0.901. The van der Waals surface area contributed by atoms with Crippen LogP contribution in [0.4, 0.5) is 5.69 Å². The van der Waals surface area contributed by atoms with Crippen LogP contribution in [-0.2, 0) is 4.79 Å². The van der Waals surface area contributed by atoms with E-state index in [9.17, 15) is 4.79 Å². The van der Waals surface area contributed by atoms with Crippen molar-refractivity contribution in [3.8, 4) is 0 Å². The zero-order chi connectivity index (χ0) is 10.6. The van der Waals surface area contributed by atoms with E-state index in [0.29, 0.717) is 10.7 Å². The number of hydrogen-bond donors (Lipinski definition) is 2. The van der Waals surface area contributed by atoms with Crippen molar-refractivity contribution in [3.63, 3.8) is 0 Å². The number of carboxylic acids is 1. The first kappa shape index (κ1) is 11.0. The van der Waals surface area contributed by atoms with E-state index in [0.717, 1.165) is 0 Å². The molecule has 0 saturated heterocycles. The molecule has 1 aromatic rings. The molecule has 74 valence electrons. The Bertz CT molecular complexity index is 364. The van der Waals surface area contributed by atoms with Crippen LogP contribution in [0.25, 0.3) is 0 Å². The minimum atomic E-state index is -1.13. The van der Waals surface area contributed by atoms with Gasteiger partial charge < -0.3 is 5.11 Å². The number of benzene rings is 1. The average Bonchev–Trinajstić information content (AvgIpc) is 2.16. The Morgan fingerprint density at radius 1 is 1.43 bits per heavy atom. The Morgan fingerprint density at radius 3 is 2.50 bits per heavy atom. The van der Waals surface area contributed by atoms with Crippen LogP contribution in [0.1, 0.15) is 0 Å². The second kappa shape index (κ2) is 4.97. The smallest absolute Gasteiger partial charge is 0.363 e. The van der Waals surface area contributed by atoms with Gasteiger partial charge in [-0.3, -0.25) is 5.43 Å². The Morgan fingerprint density at radius 2 is 2.00 bits per heavy atom. The van der Waals surface area contributed by atoms with E-state index in [1.54, 1.807) is 24.3 Å². The van der Waals surface area contributed by atoms with Crippen LogP contribution < -0.4 is 5.43 Å². The van der Waals surface area contributed by atoms with Crippen molar-refractivity contribution < 1.29 is 9.90 Å². The van der Waals surface area contributed by atoms with Crippen molar-refractivity contribution in [2.75, 3.05) is 5.43 Å². The van der Waals surface area contributed by atoms with Crippen LogP contribution in [0.5, 0.6) is 0 Å².